The van der Waals surface area contributed by atoms with Crippen molar-refractivity contribution >= 4 is 41.5 Å². The lowest BCUT2D eigenvalue weighted by atomic mass is 9.96. The molecule has 1 aliphatic carbocycles. The Morgan fingerprint density at radius 3 is 2.59 bits per heavy atom. The predicted octanol–water partition coefficient (Wildman–Crippen LogP) is 3.88. The molecule has 0 aromatic heterocycles. The van der Waals surface area contributed by atoms with Gasteiger partial charge in [-0.3, -0.25) is 9.89 Å². The van der Waals surface area contributed by atoms with E-state index in [2.05, 4.69) is 21.7 Å². The molecule has 4 nitrogen and oxygen atoms in total. The number of halogens is 4. The van der Waals surface area contributed by atoms with E-state index < -0.39 is 6.43 Å². The molecule has 1 heterocycles. The summed E-state index contributed by atoms with van der Waals surface area (Å²) in [5.74, 6) is 0.783. The molecule has 1 saturated carbocycles. The van der Waals surface area contributed by atoms with E-state index in [-0.39, 0.29) is 42.0 Å². The third-order valence-corrected chi connectivity index (χ3v) is 5.67. The lowest BCUT2D eigenvalue weighted by molar-refractivity contribution is 0.0744. The SMILES string of the molecule is CN=C(NCC1(c2cccc(Cl)c2)CC1)NC1CCN(CC(F)F)CC1.I. The molecule has 27 heavy (non-hydrogen) atoms. The molecule has 1 saturated heterocycles. The third kappa shape index (κ3) is 6.42. The van der Waals surface area contributed by atoms with Crippen molar-refractivity contribution < 1.29 is 8.78 Å². The Kier molecular flexibility index (Phi) is 8.55. The first kappa shape index (κ1) is 22.6. The fourth-order valence-corrected chi connectivity index (χ4v) is 3.82. The maximum atomic E-state index is 12.5. The summed E-state index contributed by atoms with van der Waals surface area (Å²) in [5, 5.41) is 7.65. The maximum Gasteiger partial charge on any atom is 0.251 e. The predicted molar refractivity (Wildman–Crippen MR) is 118 cm³/mol. The highest BCUT2D eigenvalue weighted by molar-refractivity contribution is 14.0. The largest absolute Gasteiger partial charge is 0.356 e. The summed E-state index contributed by atoms with van der Waals surface area (Å²) < 4.78 is 24.9. The topological polar surface area (TPSA) is 39.7 Å². The molecule has 8 heteroatoms. The Labute approximate surface area is 182 Å². The maximum absolute atomic E-state index is 12.5. The van der Waals surface area contributed by atoms with Crippen molar-refractivity contribution in [3.05, 3.63) is 34.9 Å². The van der Waals surface area contributed by atoms with Crippen molar-refractivity contribution in [2.75, 3.05) is 33.2 Å². The Bertz CT molecular complexity index is 632. The van der Waals surface area contributed by atoms with Gasteiger partial charge in [0.25, 0.3) is 6.43 Å². The minimum atomic E-state index is -2.25. The Balaban J connectivity index is 0.00000261. The normalized spacial score (nSPS) is 20.3. The lowest BCUT2D eigenvalue weighted by Gasteiger charge is -2.33. The zero-order chi connectivity index (χ0) is 18.6. The van der Waals surface area contributed by atoms with Crippen LogP contribution in [0.4, 0.5) is 8.78 Å². The molecule has 2 fully saturated rings. The van der Waals surface area contributed by atoms with Crippen LogP contribution >= 0.6 is 35.6 Å². The van der Waals surface area contributed by atoms with Crippen LogP contribution in [-0.4, -0.2) is 56.6 Å². The van der Waals surface area contributed by atoms with Gasteiger partial charge in [-0.2, -0.15) is 0 Å². The summed E-state index contributed by atoms with van der Waals surface area (Å²) in [6.07, 6.45) is 1.74. The fourth-order valence-electron chi connectivity index (χ4n) is 3.63. The first-order valence-electron chi connectivity index (χ1n) is 9.24. The second-order valence-corrected chi connectivity index (χ2v) is 7.76. The second kappa shape index (κ2) is 10.2. The third-order valence-electron chi connectivity index (χ3n) is 5.43. The summed E-state index contributed by atoms with van der Waals surface area (Å²) in [6, 6.07) is 8.35. The average molecular weight is 513 g/mol. The van der Waals surface area contributed by atoms with Gasteiger partial charge in [-0.1, -0.05) is 23.7 Å². The zero-order valence-electron chi connectivity index (χ0n) is 15.6. The number of benzene rings is 1. The van der Waals surface area contributed by atoms with Gasteiger partial charge in [-0.25, -0.2) is 8.78 Å². The van der Waals surface area contributed by atoms with Gasteiger partial charge in [-0.15, -0.1) is 24.0 Å². The number of hydrogen-bond donors (Lipinski definition) is 2. The van der Waals surface area contributed by atoms with E-state index >= 15 is 0 Å². The van der Waals surface area contributed by atoms with Crippen LogP contribution in [0.25, 0.3) is 0 Å². The van der Waals surface area contributed by atoms with Gasteiger partial charge >= 0.3 is 0 Å². The number of piperidine rings is 1. The van der Waals surface area contributed by atoms with Crippen LogP contribution in [0.1, 0.15) is 31.2 Å². The van der Waals surface area contributed by atoms with Crippen LogP contribution in [-0.2, 0) is 5.41 Å². The van der Waals surface area contributed by atoms with Crippen LogP contribution in [0.2, 0.25) is 5.02 Å². The number of nitrogens with zero attached hydrogens (tertiary/aromatic N) is 2. The van der Waals surface area contributed by atoms with E-state index in [0.29, 0.717) is 13.1 Å². The fraction of sp³-hybridized carbons (Fsp3) is 0.632. The highest BCUT2D eigenvalue weighted by Gasteiger charge is 2.44. The number of aliphatic imine (C=N–C) groups is 1. The standard InChI is InChI=1S/C19H27ClF2N4.HI/c1-23-18(25-16-5-9-26(10-6-16)12-17(21)22)24-13-19(7-8-19)14-3-2-4-15(20)11-14;/h2-4,11,16-17H,5-10,12-13H2,1H3,(H2,23,24,25);1H. The molecule has 0 bridgehead atoms. The molecule has 1 aliphatic heterocycles. The lowest BCUT2D eigenvalue weighted by Crippen LogP contribution is -2.50. The number of guanidine groups is 1. The minimum Gasteiger partial charge on any atom is -0.356 e. The van der Waals surface area contributed by atoms with Gasteiger partial charge in [0.15, 0.2) is 5.96 Å². The molecular weight excluding hydrogens is 485 g/mol. The molecule has 1 aromatic rings. The monoisotopic (exact) mass is 512 g/mol. The first-order valence-corrected chi connectivity index (χ1v) is 9.62. The van der Waals surface area contributed by atoms with Crippen molar-refractivity contribution in [2.24, 2.45) is 4.99 Å². The van der Waals surface area contributed by atoms with Crippen LogP contribution < -0.4 is 10.6 Å². The molecule has 152 valence electrons. The highest BCUT2D eigenvalue weighted by Crippen LogP contribution is 2.48. The van der Waals surface area contributed by atoms with Gasteiger partial charge in [0.2, 0.25) is 0 Å². The van der Waals surface area contributed by atoms with Crippen molar-refractivity contribution in [3.63, 3.8) is 0 Å². The van der Waals surface area contributed by atoms with Gasteiger partial charge < -0.3 is 10.6 Å². The summed E-state index contributed by atoms with van der Waals surface area (Å²) in [5.41, 5.74) is 1.41. The van der Waals surface area contributed by atoms with Crippen molar-refractivity contribution in [2.45, 2.75) is 43.6 Å². The molecule has 3 rings (SSSR count). The summed E-state index contributed by atoms with van der Waals surface area (Å²) in [4.78, 5) is 6.16. The highest BCUT2D eigenvalue weighted by atomic mass is 127. The quantitative estimate of drug-likeness (QED) is 0.345. The van der Waals surface area contributed by atoms with Crippen molar-refractivity contribution in [1.82, 2.24) is 15.5 Å². The molecule has 0 spiro atoms. The van der Waals surface area contributed by atoms with Crippen molar-refractivity contribution in [3.8, 4) is 0 Å². The van der Waals surface area contributed by atoms with E-state index in [4.69, 9.17) is 11.6 Å². The Morgan fingerprint density at radius 2 is 2.04 bits per heavy atom. The number of hydrogen-bond acceptors (Lipinski definition) is 2. The minimum absolute atomic E-state index is 0. The van der Waals surface area contributed by atoms with Crippen molar-refractivity contribution in [1.29, 1.82) is 0 Å². The molecule has 0 amide bonds. The van der Waals surface area contributed by atoms with Gasteiger partial charge in [0.05, 0.1) is 6.54 Å². The van der Waals surface area contributed by atoms with Crippen LogP contribution in [0.15, 0.2) is 29.3 Å². The van der Waals surface area contributed by atoms with E-state index in [1.165, 1.54) is 5.56 Å². The number of nitrogens with one attached hydrogen (secondary N) is 2. The van der Waals surface area contributed by atoms with Crippen LogP contribution in [0.5, 0.6) is 0 Å². The summed E-state index contributed by atoms with van der Waals surface area (Å²) in [7, 11) is 1.76. The number of likely N-dealkylation sites (tertiary alicyclic amines) is 1. The summed E-state index contributed by atoms with van der Waals surface area (Å²) in [6.45, 7) is 2.09. The van der Waals surface area contributed by atoms with Crippen LogP contribution in [0.3, 0.4) is 0 Å². The van der Waals surface area contributed by atoms with Gasteiger partial charge in [0.1, 0.15) is 0 Å². The van der Waals surface area contributed by atoms with Crippen LogP contribution in [0, 0.1) is 0 Å². The smallest absolute Gasteiger partial charge is 0.251 e. The Hall–Kier alpha value is -0.670. The molecule has 2 aliphatic rings. The number of alkyl halides is 2. The molecule has 0 unspecified atom stereocenters. The molecule has 2 N–H and O–H groups in total. The van der Waals surface area contributed by atoms with E-state index in [1.54, 1.807) is 7.05 Å². The zero-order valence-corrected chi connectivity index (χ0v) is 18.6. The molecule has 0 atom stereocenters. The average Bonchev–Trinajstić information content (AvgIpc) is 3.41. The molecular formula is C19H28ClF2IN4. The van der Waals surface area contributed by atoms with Gasteiger partial charge in [-0.05, 0) is 43.4 Å². The molecule has 1 aromatic carbocycles. The van der Waals surface area contributed by atoms with Gasteiger partial charge in [0, 0.05) is 43.2 Å². The first-order chi connectivity index (χ1) is 12.5. The van der Waals surface area contributed by atoms with E-state index in [9.17, 15) is 8.78 Å². The van der Waals surface area contributed by atoms with E-state index in [0.717, 1.165) is 43.2 Å². The second-order valence-electron chi connectivity index (χ2n) is 7.33. The van der Waals surface area contributed by atoms with E-state index in [1.807, 2.05) is 23.1 Å². The Morgan fingerprint density at radius 1 is 1.33 bits per heavy atom. The number of rotatable bonds is 6. The summed E-state index contributed by atoms with van der Waals surface area (Å²) >= 11 is 6.13. The molecule has 0 radical (unpaired) electrons.